The highest BCUT2D eigenvalue weighted by atomic mass is 79.9. The number of halogens is 1. The molecule has 2 fully saturated rings. The van der Waals surface area contributed by atoms with Crippen LogP contribution in [0.1, 0.15) is 48.9 Å². The van der Waals surface area contributed by atoms with Crippen molar-refractivity contribution >= 4 is 27.7 Å². The molecule has 6 heteroatoms. The van der Waals surface area contributed by atoms with Crippen LogP contribution in [-0.2, 0) is 4.79 Å². The smallest absolute Gasteiger partial charge is 0.255 e. The molecule has 0 unspecified atom stereocenters. The second-order valence-electron chi connectivity index (χ2n) is 6.75. The summed E-state index contributed by atoms with van der Waals surface area (Å²) in [6.07, 6.45) is 10.2. The molecular weight excluding hydrogens is 370 g/mol. The Labute approximate surface area is 151 Å². The van der Waals surface area contributed by atoms with Gasteiger partial charge < -0.3 is 9.80 Å². The van der Waals surface area contributed by atoms with Crippen molar-refractivity contribution in [2.75, 3.05) is 26.2 Å². The Morgan fingerprint density at radius 3 is 2.42 bits per heavy atom. The highest BCUT2D eigenvalue weighted by Gasteiger charge is 2.25. The molecule has 0 N–H and O–H groups in total. The zero-order chi connectivity index (χ0) is 16.9. The van der Waals surface area contributed by atoms with Gasteiger partial charge in [-0.25, -0.2) is 0 Å². The van der Waals surface area contributed by atoms with E-state index in [4.69, 9.17) is 0 Å². The molecule has 2 amide bonds. The summed E-state index contributed by atoms with van der Waals surface area (Å²) in [5, 5.41) is 0. The number of carbonyl (C=O) groups is 2. The third-order valence-corrected chi connectivity index (χ3v) is 5.55. The van der Waals surface area contributed by atoms with Gasteiger partial charge in [0.25, 0.3) is 5.91 Å². The second-order valence-corrected chi connectivity index (χ2v) is 7.67. The summed E-state index contributed by atoms with van der Waals surface area (Å²) in [6.45, 7) is 2.47. The van der Waals surface area contributed by atoms with Gasteiger partial charge in [0, 0.05) is 49.5 Å². The zero-order valence-electron chi connectivity index (χ0n) is 13.9. The molecular formula is C18H24BrN3O2. The van der Waals surface area contributed by atoms with E-state index in [0.717, 1.165) is 16.8 Å². The van der Waals surface area contributed by atoms with Crippen molar-refractivity contribution in [3.05, 3.63) is 28.5 Å². The van der Waals surface area contributed by atoms with E-state index in [1.165, 1.54) is 25.7 Å². The van der Waals surface area contributed by atoms with Crippen LogP contribution >= 0.6 is 15.9 Å². The van der Waals surface area contributed by atoms with Crippen LogP contribution in [0.4, 0.5) is 0 Å². The van der Waals surface area contributed by atoms with Crippen LogP contribution in [0.3, 0.4) is 0 Å². The van der Waals surface area contributed by atoms with Gasteiger partial charge in [-0.05, 0) is 34.3 Å². The van der Waals surface area contributed by atoms with E-state index in [2.05, 4.69) is 20.9 Å². The predicted octanol–water partition coefficient (Wildman–Crippen LogP) is 3.10. The normalized spacial score (nSPS) is 18.9. The number of aromatic nitrogens is 1. The summed E-state index contributed by atoms with van der Waals surface area (Å²) >= 11 is 3.34. The van der Waals surface area contributed by atoms with E-state index in [1.54, 1.807) is 18.5 Å². The van der Waals surface area contributed by atoms with Crippen LogP contribution < -0.4 is 0 Å². The quantitative estimate of drug-likeness (QED) is 0.789. The first-order chi connectivity index (χ1) is 11.6. The zero-order valence-corrected chi connectivity index (χ0v) is 15.5. The molecule has 0 bridgehead atoms. The molecule has 0 atom stereocenters. The van der Waals surface area contributed by atoms with Crippen LogP contribution in [0.15, 0.2) is 22.9 Å². The molecule has 1 aromatic rings. The van der Waals surface area contributed by atoms with Gasteiger partial charge in [-0.3, -0.25) is 14.6 Å². The molecule has 1 saturated carbocycles. The van der Waals surface area contributed by atoms with Gasteiger partial charge in [-0.2, -0.15) is 0 Å². The minimum atomic E-state index is -0.0122. The fraction of sp³-hybridized carbons (Fsp3) is 0.611. The standard InChI is InChI=1S/C18H24BrN3O2/c19-16-11-15(12-20-13-16)18(24)22-9-7-21(8-10-22)17(23)6-5-14-3-1-2-4-14/h11-14H,1-10H2. The molecule has 0 spiro atoms. The Bertz CT molecular complexity index is 594. The molecule has 24 heavy (non-hydrogen) atoms. The summed E-state index contributed by atoms with van der Waals surface area (Å²) in [5.74, 6) is 0.987. The first-order valence-corrected chi connectivity index (χ1v) is 9.60. The fourth-order valence-electron chi connectivity index (χ4n) is 3.66. The van der Waals surface area contributed by atoms with Crippen LogP contribution in [0.2, 0.25) is 0 Å². The first kappa shape index (κ1) is 17.4. The average molecular weight is 394 g/mol. The molecule has 0 radical (unpaired) electrons. The Kier molecular flexibility index (Phi) is 5.87. The molecule has 5 nitrogen and oxygen atoms in total. The number of hydrogen-bond acceptors (Lipinski definition) is 3. The van der Waals surface area contributed by atoms with E-state index in [9.17, 15) is 9.59 Å². The van der Waals surface area contributed by atoms with Gasteiger partial charge in [-0.15, -0.1) is 0 Å². The van der Waals surface area contributed by atoms with Gasteiger partial charge in [-0.1, -0.05) is 25.7 Å². The van der Waals surface area contributed by atoms with Gasteiger partial charge in [0.15, 0.2) is 0 Å². The van der Waals surface area contributed by atoms with E-state index in [-0.39, 0.29) is 11.8 Å². The lowest BCUT2D eigenvalue weighted by atomic mass is 10.0. The molecule has 130 valence electrons. The predicted molar refractivity (Wildman–Crippen MR) is 95.6 cm³/mol. The molecule has 1 saturated heterocycles. The number of carbonyl (C=O) groups excluding carboxylic acids is 2. The van der Waals surface area contributed by atoms with Crippen molar-refractivity contribution in [3.8, 4) is 0 Å². The molecule has 3 rings (SSSR count). The van der Waals surface area contributed by atoms with Gasteiger partial charge in [0.2, 0.25) is 5.91 Å². The number of nitrogens with zero attached hydrogens (tertiary/aromatic N) is 3. The van der Waals surface area contributed by atoms with Crippen LogP contribution in [0, 0.1) is 5.92 Å². The number of piperazine rings is 1. The SMILES string of the molecule is O=C(CCC1CCCC1)N1CCN(C(=O)c2cncc(Br)c2)CC1. The van der Waals surface area contributed by atoms with E-state index in [0.29, 0.717) is 38.2 Å². The van der Waals surface area contributed by atoms with Crippen molar-refractivity contribution in [3.63, 3.8) is 0 Å². The van der Waals surface area contributed by atoms with Gasteiger partial charge >= 0.3 is 0 Å². The highest BCUT2D eigenvalue weighted by molar-refractivity contribution is 9.10. The van der Waals surface area contributed by atoms with Crippen molar-refractivity contribution in [1.82, 2.24) is 14.8 Å². The number of hydrogen-bond donors (Lipinski definition) is 0. The fourth-order valence-corrected chi connectivity index (χ4v) is 4.02. The van der Waals surface area contributed by atoms with Crippen molar-refractivity contribution < 1.29 is 9.59 Å². The van der Waals surface area contributed by atoms with Crippen LogP contribution in [-0.4, -0.2) is 52.8 Å². The maximum Gasteiger partial charge on any atom is 0.255 e. The molecule has 0 aromatic carbocycles. The molecule has 1 aliphatic carbocycles. The molecule has 2 aliphatic rings. The lowest BCUT2D eigenvalue weighted by molar-refractivity contribution is -0.133. The van der Waals surface area contributed by atoms with E-state index in [1.807, 2.05) is 9.80 Å². The lowest BCUT2D eigenvalue weighted by Crippen LogP contribution is -2.50. The topological polar surface area (TPSA) is 53.5 Å². The third kappa shape index (κ3) is 4.35. The first-order valence-electron chi connectivity index (χ1n) is 8.81. The van der Waals surface area contributed by atoms with Crippen LogP contribution in [0.5, 0.6) is 0 Å². The third-order valence-electron chi connectivity index (χ3n) is 5.11. The minimum absolute atomic E-state index is 0.0122. The second kappa shape index (κ2) is 8.10. The van der Waals surface area contributed by atoms with E-state index >= 15 is 0 Å². The van der Waals surface area contributed by atoms with E-state index < -0.39 is 0 Å². The monoisotopic (exact) mass is 393 g/mol. The Morgan fingerprint density at radius 2 is 1.75 bits per heavy atom. The summed E-state index contributed by atoms with van der Waals surface area (Å²) in [4.78, 5) is 32.6. The summed E-state index contributed by atoms with van der Waals surface area (Å²) in [7, 11) is 0. The molecule has 2 heterocycles. The molecule has 1 aromatic heterocycles. The van der Waals surface area contributed by atoms with Crippen molar-refractivity contribution in [2.45, 2.75) is 38.5 Å². The average Bonchev–Trinajstić information content (AvgIpc) is 3.13. The summed E-state index contributed by atoms with van der Waals surface area (Å²) in [5.41, 5.74) is 0.588. The van der Waals surface area contributed by atoms with Crippen LogP contribution in [0.25, 0.3) is 0 Å². The van der Waals surface area contributed by atoms with Crippen molar-refractivity contribution in [1.29, 1.82) is 0 Å². The maximum atomic E-state index is 12.5. The van der Waals surface area contributed by atoms with Crippen molar-refractivity contribution in [2.24, 2.45) is 5.92 Å². The summed E-state index contributed by atoms with van der Waals surface area (Å²) < 4.78 is 0.800. The number of pyridine rings is 1. The Balaban J connectivity index is 1.46. The van der Waals surface area contributed by atoms with Gasteiger partial charge in [0.1, 0.15) is 0 Å². The molecule has 1 aliphatic heterocycles. The maximum absolute atomic E-state index is 12.5. The Hall–Kier alpha value is -1.43. The Morgan fingerprint density at radius 1 is 1.08 bits per heavy atom. The number of amides is 2. The lowest BCUT2D eigenvalue weighted by Gasteiger charge is -2.35. The largest absolute Gasteiger partial charge is 0.339 e. The highest BCUT2D eigenvalue weighted by Crippen LogP contribution is 2.28. The van der Waals surface area contributed by atoms with Gasteiger partial charge in [0.05, 0.1) is 5.56 Å². The number of rotatable bonds is 4. The minimum Gasteiger partial charge on any atom is -0.339 e. The summed E-state index contributed by atoms with van der Waals surface area (Å²) in [6, 6.07) is 1.79.